The van der Waals surface area contributed by atoms with E-state index in [0.717, 1.165) is 5.75 Å². The Morgan fingerprint density at radius 2 is 2.00 bits per heavy atom. The van der Waals surface area contributed by atoms with Crippen LogP contribution in [0.25, 0.3) is 0 Å². The highest BCUT2D eigenvalue weighted by atomic mass is 32.2. The van der Waals surface area contributed by atoms with E-state index < -0.39 is 11.5 Å². The molecule has 1 atom stereocenters. The van der Waals surface area contributed by atoms with Crippen molar-refractivity contribution in [1.29, 1.82) is 0 Å². The van der Waals surface area contributed by atoms with Gasteiger partial charge >= 0.3 is 5.97 Å². The van der Waals surface area contributed by atoms with Crippen LogP contribution in [0, 0.1) is 0 Å². The topological polar surface area (TPSA) is 102 Å². The summed E-state index contributed by atoms with van der Waals surface area (Å²) in [7, 11) is 0. The molecule has 0 aromatic carbocycles. The molecule has 0 bridgehead atoms. The number of hydrogen-bond acceptors (Lipinski definition) is 4. The summed E-state index contributed by atoms with van der Waals surface area (Å²) >= 11 is 1.46. The van der Waals surface area contributed by atoms with Crippen LogP contribution < -0.4 is 11.5 Å². The second kappa shape index (κ2) is 9.47. The Bertz CT molecular complexity index is 226. The maximum absolute atomic E-state index is 10.6. The second-order valence-electron chi connectivity index (χ2n) is 3.30. The molecule has 0 rings (SSSR count). The molecule has 5 N–H and O–H groups in total. The van der Waals surface area contributed by atoms with Crippen LogP contribution in [-0.4, -0.2) is 40.5 Å². The molecule has 5 nitrogen and oxygen atoms in total. The van der Waals surface area contributed by atoms with Gasteiger partial charge in [0, 0.05) is 18.1 Å². The summed E-state index contributed by atoms with van der Waals surface area (Å²) in [6, 6.07) is 0. The van der Waals surface area contributed by atoms with Gasteiger partial charge in [-0.05, 0) is 13.8 Å². The molecule has 0 saturated heterocycles. The van der Waals surface area contributed by atoms with Gasteiger partial charge in [0.05, 0.1) is 5.84 Å². The van der Waals surface area contributed by atoms with E-state index in [2.05, 4.69) is 4.99 Å². The standard InChI is InChI=1S/C8H17N3O2S.2CH4/c1-6(9)11-3-4-14-5-8(2,10)7(12)13;;/h3-5,10H2,1-2H3,(H2,9,11)(H,12,13);2*1H4/t8-;;/m0../s1. The molecule has 0 aliphatic carbocycles. The van der Waals surface area contributed by atoms with Crippen molar-refractivity contribution in [2.24, 2.45) is 16.5 Å². The van der Waals surface area contributed by atoms with E-state index in [4.69, 9.17) is 16.6 Å². The first-order valence-electron chi connectivity index (χ1n) is 4.23. The van der Waals surface area contributed by atoms with Gasteiger partial charge < -0.3 is 16.6 Å². The lowest BCUT2D eigenvalue weighted by Crippen LogP contribution is -2.47. The number of carboxylic acid groups (broad SMARTS) is 1. The Labute approximate surface area is 103 Å². The number of amidine groups is 1. The van der Waals surface area contributed by atoms with Crippen molar-refractivity contribution in [3.8, 4) is 0 Å². The number of aliphatic carboxylic acids is 1. The first-order chi connectivity index (χ1) is 6.36. The van der Waals surface area contributed by atoms with Crippen molar-refractivity contribution in [1.82, 2.24) is 0 Å². The third-order valence-corrected chi connectivity index (χ3v) is 2.76. The first kappa shape index (κ1) is 20.6. The molecule has 0 fully saturated rings. The van der Waals surface area contributed by atoms with E-state index in [-0.39, 0.29) is 14.9 Å². The fourth-order valence-electron chi connectivity index (χ4n) is 0.632. The van der Waals surface area contributed by atoms with Crippen LogP contribution in [0.2, 0.25) is 0 Å². The molecule has 0 amide bonds. The zero-order valence-corrected chi connectivity index (χ0v) is 9.30. The Kier molecular flexibility index (Phi) is 12.2. The van der Waals surface area contributed by atoms with Crippen molar-refractivity contribution in [3.05, 3.63) is 0 Å². The van der Waals surface area contributed by atoms with Crippen LogP contribution in [0.1, 0.15) is 28.7 Å². The van der Waals surface area contributed by atoms with Gasteiger partial charge in [-0.2, -0.15) is 11.8 Å². The normalized spacial score (nSPS) is 14.3. The maximum Gasteiger partial charge on any atom is 0.324 e. The van der Waals surface area contributed by atoms with Gasteiger partial charge in [0.15, 0.2) is 0 Å². The molecule has 6 heteroatoms. The quantitative estimate of drug-likeness (QED) is 0.374. The Morgan fingerprint density at radius 3 is 2.38 bits per heavy atom. The lowest BCUT2D eigenvalue weighted by molar-refractivity contribution is -0.141. The summed E-state index contributed by atoms with van der Waals surface area (Å²) in [5, 5.41) is 8.70. The molecular formula is C10H25N3O2S. The zero-order chi connectivity index (χ0) is 11.2. The summed E-state index contributed by atoms with van der Waals surface area (Å²) in [5.74, 6) is 0.665. The first-order valence-corrected chi connectivity index (χ1v) is 5.38. The van der Waals surface area contributed by atoms with Crippen molar-refractivity contribution < 1.29 is 9.90 Å². The largest absolute Gasteiger partial charge is 0.480 e. The molecule has 0 radical (unpaired) electrons. The zero-order valence-electron chi connectivity index (χ0n) is 8.49. The van der Waals surface area contributed by atoms with Crippen molar-refractivity contribution in [2.45, 2.75) is 34.2 Å². The molecule has 0 spiro atoms. The van der Waals surface area contributed by atoms with Crippen LogP contribution in [0.5, 0.6) is 0 Å². The van der Waals surface area contributed by atoms with Gasteiger partial charge in [0.25, 0.3) is 0 Å². The lowest BCUT2D eigenvalue weighted by Gasteiger charge is -2.17. The Morgan fingerprint density at radius 1 is 1.50 bits per heavy atom. The minimum Gasteiger partial charge on any atom is -0.480 e. The lowest BCUT2D eigenvalue weighted by atomic mass is 10.1. The van der Waals surface area contributed by atoms with Gasteiger partial charge in [-0.1, -0.05) is 14.9 Å². The van der Waals surface area contributed by atoms with E-state index in [0.29, 0.717) is 18.1 Å². The summed E-state index contributed by atoms with van der Waals surface area (Å²) in [5.41, 5.74) is 9.69. The van der Waals surface area contributed by atoms with Gasteiger partial charge in [-0.15, -0.1) is 0 Å². The summed E-state index contributed by atoms with van der Waals surface area (Å²) in [4.78, 5) is 14.6. The number of rotatable bonds is 6. The van der Waals surface area contributed by atoms with E-state index in [1.54, 1.807) is 6.92 Å². The highest BCUT2D eigenvalue weighted by molar-refractivity contribution is 7.99. The molecule has 0 saturated carbocycles. The third kappa shape index (κ3) is 9.79. The number of thioether (sulfide) groups is 1. The van der Waals surface area contributed by atoms with Crippen molar-refractivity contribution in [3.63, 3.8) is 0 Å². The summed E-state index contributed by atoms with van der Waals surface area (Å²) in [6.07, 6.45) is 0. The number of nitrogens with zero attached hydrogens (tertiary/aromatic N) is 1. The van der Waals surface area contributed by atoms with Crippen LogP contribution in [0.4, 0.5) is 0 Å². The van der Waals surface area contributed by atoms with E-state index >= 15 is 0 Å². The molecule has 0 aromatic heterocycles. The number of aliphatic imine (C=N–C) groups is 1. The van der Waals surface area contributed by atoms with E-state index in [1.165, 1.54) is 18.7 Å². The average molecular weight is 251 g/mol. The number of carbonyl (C=O) groups is 1. The molecule has 0 heterocycles. The predicted molar refractivity (Wildman–Crippen MR) is 73.2 cm³/mol. The fourth-order valence-corrected chi connectivity index (χ4v) is 1.54. The molecule has 98 valence electrons. The number of hydrogen-bond donors (Lipinski definition) is 3. The van der Waals surface area contributed by atoms with Crippen LogP contribution in [-0.2, 0) is 4.79 Å². The van der Waals surface area contributed by atoms with Gasteiger partial charge in [-0.3, -0.25) is 9.79 Å². The van der Waals surface area contributed by atoms with Gasteiger partial charge in [0.2, 0.25) is 0 Å². The highest BCUT2D eigenvalue weighted by Crippen LogP contribution is 2.10. The van der Waals surface area contributed by atoms with E-state index in [1.807, 2.05) is 0 Å². The molecule has 0 unspecified atom stereocenters. The monoisotopic (exact) mass is 251 g/mol. The average Bonchev–Trinajstić information content (AvgIpc) is 2.02. The molecule has 0 aliphatic heterocycles. The predicted octanol–water partition coefficient (Wildman–Crippen LogP) is 1.17. The SMILES string of the molecule is C.C.CC(N)=NCCSC[C@](C)(N)C(=O)O. The molecule has 0 aromatic rings. The van der Waals surface area contributed by atoms with Crippen LogP contribution in [0.15, 0.2) is 4.99 Å². The number of nitrogens with two attached hydrogens (primary N) is 2. The van der Waals surface area contributed by atoms with Crippen molar-refractivity contribution >= 4 is 23.6 Å². The van der Waals surface area contributed by atoms with Gasteiger partial charge in [-0.25, -0.2) is 0 Å². The minimum atomic E-state index is -1.16. The third-order valence-electron chi connectivity index (χ3n) is 1.49. The maximum atomic E-state index is 10.6. The van der Waals surface area contributed by atoms with Gasteiger partial charge in [0.1, 0.15) is 5.54 Å². The van der Waals surface area contributed by atoms with Crippen LogP contribution >= 0.6 is 11.8 Å². The summed E-state index contributed by atoms with van der Waals surface area (Å²) < 4.78 is 0. The Balaban J connectivity index is -0.000000845. The molecule has 0 aliphatic rings. The second-order valence-corrected chi connectivity index (χ2v) is 4.40. The molecular weight excluding hydrogens is 226 g/mol. The smallest absolute Gasteiger partial charge is 0.324 e. The van der Waals surface area contributed by atoms with Crippen LogP contribution in [0.3, 0.4) is 0 Å². The van der Waals surface area contributed by atoms with Crippen molar-refractivity contribution in [2.75, 3.05) is 18.1 Å². The minimum absolute atomic E-state index is 0. The highest BCUT2D eigenvalue weighted by Gasteiger charge is 2.27. The molecule has 16 heavy (non-hydrogen) atoms. The fraction of sp³-hybridized carbons (Fsp3) is 0.800. The summed E-state index contributed by atoms with van der Waals surface area (Å²) in [6.45, 7) is 3.82. The van der Waals surface area contributed by atoms with E-state index in [9.17, 15) is 4.79 Å². The Hall–Kier alpha value is -0.750. The number of carboxylic acids is 1.